The standard InChI is InChI=1S/C11H16O/c1-7(2)5-11(3)6-8-4-9(8)10(11)12/h8-9H,1,4-6H2,2-3H3/t8-,9-,11+/m0/s1. The van der Waals surface area contributed by atoms with Crippen LogP contribution in [0.25, 0.3) is 0 Å². The highest BCUT2D eigenvalue weighted by Crippen LogP contribution is 2.58. The van der Waals surface area contributed by atoms with E-state index in [9.17, 15) is 4.79 Å². The van der Waals surface area contributed by atoms with Crippen LogP contribution in [0.2, 0.25) is 0 Å². The van der Waals surface area contributed by atoms with Crippen LogP contribution in [0.5, 0.6) is 0 Å². The van der Waals surface area contributed by atoms with Crippen molar-refractivity contribution < 1.29 is 4.79 Å². The van der Waals surface area contributed by atoms with E-state index in [2.05, 4.69) is 13.5 Å². The number of carbonyl (C=O) groups is 1. The van der Waals surface area contributed by atoms with Gasteiger partial charge in [-0.2, -0.15) is 0 Å². The SMILES string of the molecule is C=C(C)C[C@]1(C)C[C@@H]2C[C@@H]2C1=O. The van der Waals surface area contributed by atoms with Gasteiger partial charge in [0.05, 0.1) is 0 Å². The molecular weight excluding hydrogens is 148 g/mol. The molecule has 1 heteroatoms. The smallest absolute Gasteiger partial charge is 0.142 e. The van der Waals surface area contributed by atoms with Gasteiger partial charge in [-0.15, -0.1) is 6.58 Å². The summed E-state index contributed by atoms with van der Waals surface area (Å²) < 4.78 is 0. The van der Waals surface area contributed by atoms with Crippen molar-refractivity contribution in [1.82, 2.24) is 0 Å². The molecule has 0 saturated heterocycles. The minimum Gasteiger partial charge on any atom is -0.299 e. The second kappa shape index (κ2) is 2.21. The van der Waals surface area contributed by atoms with Crippen LogP contribution in [0, 0.1) is 17.3 Å². The number of carbonyl (C=O) groups excluding carboxylic acids is 1. The fourth-order valence-corrected chi connectivity index (χ4v) is 2.75. The van der Waals surface area contributed by atoms with Gasteiger partial charge in [-0.05, 0) is 32.1 Å². The molecule has 0 unspecified atom stereocenters. The molecule has 2 rings (SSSR count). The van der Waals surface area contributed by atoms with Crippen LogP contribution in [0.1, 0.15) is 33.1 Å². The Hall–Kier alpha value is -0.590. The van der Waals surface area contributed by atoms with Crippen LogP contribution < -0.4 is 0 Å². The second-order valence-corrected chi connectivity index (χ2v) is 4.87. The molecule has 0 spiro atoms. The van der Waals surface area contributed by atoms with Crippen LogP contribution in [0.3, 0.4) is 0 Å². The van der Waals surface area contributed by atoms with Crippen LogP contribution >= 0.6 is 0 Å². The Morgan fingerprint density at radius 3 is 2.83 bits per heavy atom. The summed E-state index contributed by atoms with van der Waals surface area (Å²) in [4.78, 5) is 11.8. The number of fused-ring (bicyclic) bond motifs is 1. The first kappa shape index (κ1) is 8.03. The van der Waals surface area contributed by atoms with Gasteiger partial charge in [0, 0.05) is 11.3 Å². The molecule has 0 aromatic rings. The van der Waals surface area contributed by atoms with E-state index in [0.717, 1.165) is 24.3 Å². The van der Waals surface area contributed by atoms with Gasteiger partial charge in [0.1, 0.15) is 5.78 Å². The Bertz CT molecular complexity index is 254. The van der Waals surface area contributed by atoms with E-state index in [1.165, 1.54) is 6.42 Å². The first-order chi connectivity index (χ1) is 5.53. The van der Waals surface area contributed by atoms with E-state index < -0.39 is 0 Å². The molecule has 2 fully saturated rings. The zero-order chi connectivity index (χ0) is 8.93. The predicted molar refractivity (Wildman–Crippen MR) is 48.8 cm³/mol. The Kier molecular flexibility index (Phi) is 1.48. The number of rotatable bonds is 2. The molecule has 0 aromatic carbocycles. The zero-order valence-corrected chi connectivity index (χ0v) is 7.89. The van der Waals surface area contributed by atoms with Crippen LogP contribution in [-0.2, 0) is 4.79 Å². The molecule has 0 aromatic heterocycles. The molecule has 0 heterocycles. The number of allylic oxidation sites excluding steroid dienone is 1. The Labute approximate surface area is 73.8 Å². The zero-order valence-electron chi connectivity index (χ0n) is 7.89. The monoisotopic (exact) mass is 164 g/mol. The van der Waals surface area contributed by atoms with E-state index in [0.29, 0.717) is 11.7 Å². The van der Waals surface area contributed by atoms with E-state index >= 15 is 0 Å². The highest BCUT2D eigenvalue weighted by Gasteiger charge is 2.58. The molecule has 12 heavy (non-hydrogen) atoms. The van der Waals surface area contributed by atoms with Gasteiger partial charge in [-0.3, -0.25) is 4.79 Å². The average molecular weight is 164 g/mol. The van der Waals surface area contributed by atoms with Crippen molar-refractivity contribution in [3.63, 3.8) is 0 Å². The molecule has 2 aliphatic carbocycles. The fraction of sp³-hybridized carbons (Fsp3) is 0.727. The minimum atomic E-state index is -0.0422. The van der Waals surface area contributed by atoms with Gasteiger partial charge >= 0.3 is 0 Å². The van der Waals surface area contributed by atoms with Gasteiger partial charge in [0.15, 0.2) is 0 Å². The molecule has 2 aliphatic rings. The molecule has 3 atom stereocenters. The number of ketones is 1. The lowest BCUT2D eigenvalue weighted by Crippen LogP contribution is -2.25. The van der Waals surface area contributed by atoms with Gasteiger partial charge in [-0.25, -0.2) is 0 Å². The van der Waals surface area contributed by atoms with Crippen molar-refractivity contribution in [3.8, 4) is 0 Å². The van der Waals surface area contributed by atoms with Crippen molar-refractivity contribution in [2.24, 2.45) is 17.3 Å². The number of hydrogen-bond acceptors (Lipinski definition) is 1. The minimum absolute atomic E-state index is 0.0422. The van der Waals surface area contributed by atoms with Crippen LogP contribution in [0.15, 0.2) is 12.2 Å². The summed E-state index contributed by atoms with van der Waals surface area (Å²) in [6, 6.07) is 0. The molecule has 0 bridgehead atoms. The van der Waals surface area contributed by atoms with Crippen molar-refractivity contribution >= 4 is 5.78 Å². The highest BCUT2D eigenvalue weighted by atomic mass is 16.1. The lowest BCUT2D eigenvalue weighted by molar-refractivity contribution is -0.127. The van der Waals surface area contributed by atoms with Gasteiger partial charge in [0.25, 0.3) is 0 Å². The first-order valence-corrected chi connectivity index (χ1v) is 4.72. The third kappa shape index (κ3) is 1.03. The summed E-state index contributed by atoms with van der Waals surface area (Å²) in [6.45, 7) is 8.01. The summed E-state index contributed by atoms with van der Waals surface area (Å²) in [6.07, 6.45) is 3.19. The van der Waals surface area contributed by atoms with Gasteiger partial charge in [0.2, 0.25) is 0 Å². The molecule has 1 nitrogen and oxygen atoms in total. The quantitative estimate of drug-likeness (QED) is 0.573. The van der Waals surface area contributed by atoms with Crippen molar-refractivity contribution in [1.29, 1.82) is 0 Å². The lowest BCUT2D eigenvalue weighted by atomic mass is 9.79. The van der Waals surface area contributed by atoms with Crippen molar-refractivity contribution in [2.45, 2.75) is 33.1 Å². The molecular formula is C11H16O. The maximum atomic E-state index is 11.8. The molecule has 2 saturated carbocycles. The largest absolute Gasteiger partial charge is 0.299 e. The summed E-state index contributed by atoms with van der Waals surface area (Å²) >= 11 is 0. The summed E-state index contributed by atoms with van der Waals surface area (Å²) in [5.41, 5.74) is 1.10. The Morgan fingerprint density at radius 1 is 1.75 bits per heavy atom. The number of hydrogen-bond donors (Lipinski definition) is 0. The van der Waals surface area contributed by atoms with E-state index in [-0.39, 0.29) is 5.41 Å². The summed E-state index contributed by atoms with van der Waals surface area (Å²) in [5.74, 6) is 1.69. The molecule has 0 aliphatic heterocycles. The van der Waals surface area contributed by atoms with Crippen molar-refractivity contribution in [3.05, 3.63) is 12.2 Å². The molecule has 0 N–H and O–H groups in total. The maximum Gasteiger partial charge on any atom is 0.142 e. The van der Waals surface area contributed by atoms with Gasteiger partial charge < -0.3 is 0 Å². The Balaban J connectivity index is 2.12. The number of Topliss-reactive ketones (excluding diaryl/α,β-unsaturated/α-hetero) is 1. The second-order valence-electron chi connectivity index (χ2n) is 4.87. The van der Waals surface area contributed by atoms with Gasteiger partial charge in [-0.1, -0.05) is 12.5 Å². The summed E-state index contributed by atoms with van der Waals surface area (Å²) in [7, 11) is 0. The fourth-order valence-electron chi connectivity index (χ4n) is 2.75. The predicted octanol–water partition coefficient (Wildman–Crippen LogP) is 2.57. The lowest BCUT2D eigenvalue weighted by Gasteiger charge is -2.23. The highest BCUT2D eigenvalue weighted by molar-refractivity contribution is 5.92. The normalized spacial score (nSPS) is 44.3. The molecule has 66 valence electrons. The molecule has 0 radical (unpaired) electrons. The third-order valence-electron chi connectivity index (χ3n) is 3.26. The van der Waals surface area contributed by atoms with Crippen LogP contribution in [0.4, 0.5) is 0 Å². The van der Waals surface area contributed by atoms with Crippen LogP contribution in [-0.4, -0.2) is 5.78 Å². The van der Waals surface area contributed by atoms with E-state index in [1.54, 1.807) is 0 Å². The molecule has 0 amide bonds. The van der Waals surface area contributed by atoms with E-state index in [1.807, 2.05) is 6.92 Å². The van der Waals surface area contributed by atoms with E-state index in [4.69, 9.17) is 0 Å². The summed E-state index contributed by atoms with van der Waals surface area (Å²) in [5, 5.41) is 0. The topological polar surface area (TPSA) is 17.1 Å². The van der Waals surface area contributed by atoms with Crippen molar-refractivity contribution in [2.75, 3.05) is 0 Å². The average Bonchev–Trinajstić information content (AvgIpc) is 2.58. The third-order valence-corrected chi connectivity index (χ3v) is 3.26. The maximum absolute atomic E-state index is 11.8. The Morgan fingerprint density at radius 2 is 2.42 bits per heavy atom. The first-order valence-electron chi connectivity index (χ1n) is 4.72.